The van der Waals surface area contributed by atoms with Gasteiger partial charge in [0.15, 0.2) is 11.6 Å². The Kier molecular flexibility index (Phi) is 1.95. The summed E-state index contributed by atoms with van der Waals surface area (Å²) in [5.41, 5.74) is 1.99. The molecular formula is C11H12FNO. The van der Waals surface area contributed by atoms with Crippen LogP contribution in [0.3, 0.4) is 0 Å². The minimum atomic E-state index is -0.318. The molecule has 0 saturated heterocycles. The Balaban J connectivity index is 2.79. The Hall–Kier alpha value is -1.51. The van der Waals surface area contributed by atoms with Gasteiger partial charge in [0.1, 0.15) is 0 Å². The van der Waals surface area contributed by atoms with Gasteiger partial charge in [-0.15, -0.1) is 0 Å². The van der Waals surface area contributed by atoms with E-state index in [2.05, 4.69) is 0 Å². The number of halogens is 1. The third-order valence-corrected chi connectivity index (χ3v) is 2.56. The van der Waals surface area contributed by atoms with Gasteiger partial charge >= 0.3 is 0 Å². The minimum Gasteiger partial charge on any atom is -0.494 e. The number of hydrogen-bond donors (Lipinski definition) is 0. The van der Waals surface area contributed by atoms with Gasteiger partial charge in [-0.2, -0.15) is 0 Å². The van der Waals surface area contributed by atoms with Crippen molar-refractivity contribution in [2.24, 2.45) is 7.05 Å². The van der Waals surface area contributed by atoms with Crippen LogP contribution in [0.5, 0.6) is 5.75 Å². The van der Waals surface area contributed by atoms with Crippen molar-refractivity contribution in [1.29, 1.82) is 0 Å². The highest BCUT2D eigenvalue weighted by molar-refractivity contribution is 5.82. The number of nitrogens with zero attached hydrogens (tertiary/aromatic N) is 1. The molecule has 2 aromatic rings. The third kappa shape index (κ3) is 1.16. The predicted octanol–water partition coefficient (Wildman–Crippen LogP) is 2.63. The molecule has 1 aromatic heterocycles. The molecular weight excluding hydrogens is 181 g/mol. The first-order valence-electron chi connectivity index (χ1n) is 4.43. The summed E-state index contributed by atoms with van der Waals surface area (Å²) in [6, 6.07) is 5.23. The second kappa shape index (κ2) is 3.01. The lowest BCUT2D eigenvalue weighted by Gasteiger charge is -2.03. The second-order valence-electron chi connectivity index (χ2n) is 3.39. The molecule has 0 aliphatic rings. The van der Waals surface area contributed by atoms with Gasteiger partial charge in [0.25, 0.3) is 0 Å². The number of ether oxygens (including phenoxy) is 1. The van der Waals surface area contributed by atoms with E-state index < -0.39 is 0 Å². The van der Waals surface area contributed by atoms with E-state index in [1.807, 2.05) is 24.6 Å². The Labute approximate surface area is 81.9 Å². The topological polar surface area (TPSA) is 14.2 Å². The molecule has 0 atom stereocenters. The van der Waals surface area contributed by atoms with E-state index >= 15 is 0 Å². The van der Waals surface area contributed by atoms with Crippen LogP contribution in [0, 0.1) is 12.7 Å². The lowest BCUT2D eigenvalue weighted by molar-refractivity contribution is 0.387. The fourth-order valence-corrected chi connectivity index (χ4v) is 1.63. The Morgan fingerprint density at radius 2 is 2.00 bits per heavy atom. The van der Waals surface area contributed by atoms with Crippen LogP contribution in [-0.2, 0) is 7.05 Å². The van der Waals surface area contributed by atoms with Gasteiger partial charge in [0.2, 0.25) is 0 Å². The van der Waals surface area contributed by atoms with Gasteiger partial charge in [-0.1, -0.05) is 0 Å². The van der Waals surface area contributed by atoms with Crippen LogP contribution in [0.25, 0.3) is 10.9 Å². The number of aryl methyl sites for hydroxylation is 2. The maximum atomic E-state index is 13.4. The van der Waals surface area contributed by atoms with Crippen molar-refractivity contribution in [3.05, 3.63) is 29.7 Å². The third-order valence-electron chi connectivity index (χ3n) is 2.56. The zero-order valence-electron chi connectivity index (χ0n) is 8.47. The molecule has 0 N–H and O–H groups in total. The first-order chi connectivity index (χ1) is 6.63. The largest absolute Gasteiger partial charge is 0.494 e. The summed E-state index contributed by atoms with van der Waals surface area (Å²) in [7, 11) is 3.39. The molecule has 0 aliphatic carbocycles. The average molecular weight is 193 g/mol. The van der Waals surface area contributed by atoms with Crippen LogP contribution in [0.15, 0.2) is 18.2 Å². The molecule has 0 saturated carbocycles. The predicted molar refractivity (Wildman–Crippen MR) is 54.2 cm³/mol. The van der Waals surface area contributed by atoms with Crippen LogP contribution >= 0.6 is 0 Å². The van der Waals surface area contributed by atoms with E-state index in [4.69, 9.17) is 4.74 Å². The number of methoxy groups -OCH3 is 1. The van der Waals surface area contributed by atoms with Gasteiger partial charge in [-0.3, -0.25) is 0 Å². The van der Waals surface area contributed by atoms with Crippen LogP contribution < -0.4 is 4.74 Å². The summed E-state index contributed by atoms with van der Waals surface area (Å²) >= 11 is 0. The van der Waals surface area contributed by atoms with Crippen LogP contribution in [0.1, 0.15) is 5.69 Å². The van der Waals surface area contributed by atoms with Gasteiger partial charge in [0, 0.05) is 24.2 Å². The van der Waals surface area contributed by atoms with E-state index in [0.29, 0.717) is 5.75 Å². The number of rotatable bonds is 1. The molecule has 1 aromatic carbocycles. The molecule has 0 bridgehead atoms. The maximum absolute atomic E-state index is 13.4. The molecule has 74 valence electrons. The molecule has 2 rings (SSSR count). The van der Waals surface area contributed by atoms with Crippen molar-refractivity contribution in [2.45, 2.75) is 6.92 Å². The van der Waals surface area contributed by atoms with E-state index in [1.54, 1.807) is 6.07 Å². The summed E-state index contributed by atoms with van der Waals surface area (Å²) in [4.78, 5) is 0. The smallest absolute Gasteiger partial charge is 0.167 e. The van der Waals surface area contributed by atoms with E-state index in [0.717, 1.165) is 16.6 Å². The monoisotopic (exact) mass is 193 g/mol. The molecule has 14 heavy (non-hydrogen) atoms. The van der Waals surface area contributed by atoms with Crippen molar-refractivity contribution >= 4 is 10.9 Å². The highest BCUT2D eigenvalue weighted by Crippen LogP contribution is 2.26. The Morgan fingerprint density at radius 1 is 1.29 bits per heavy atom. The fraction of sp³-hybridized carbons (Fsp3) is 0.273. The first kappa shape index (κ1) is 9.06. The van der Waals surface area contributed by atoms with Crippen LogP contribution in [0.2, 0.25) is 0 Å². The Morgan fingerprint density at radius 3 is 2.64 bits per heavy atom. The van der Waals surface area contributed by atoms with Crippen molar-refractivity contribution in [2.75, 3.05) is 7.11 Å². The van der Waals surface area contributed by atoms with Crippen molar-refractivity contribution in [1.82, 2.24) is 4.57 Å². The van der Waals surface area contributed by atoms with Gasteiger partial charge in [-0.25, -0.2) is 4.39 Å². The summed E-state index contributed by atoms with van der Waals surface area (Å²) in [6.07, 6.45) is 0. The maximum Gasteiger partial charge on any atom is 0.167 e. The zero-order valence-corrected chi connectivity index (χ0v) is 8.47. The minimum absolute atomic E-state index is 0.295. The lowest BCUT2D eigenvalue weighted by Crippen LogP contribution is -1.91. The van der Waals surface area contributed by atoms with Crippen LogP contribution in [-0.4, -0.2) is 11.7 Å². The molecule has 1 heterocycles. The van der Waals surface area contributed by atoms with Gasteiger partial charge in [0.05, 0.1) is 12.6 Å². The molecule has 0 amide bonds. The number of hydrogen-bond acceptors (Lipinski definition) is 1. The molecule has 2 nitrogen and oxygen atoms in total. The van der Waals surface area contributed by atoms with E-state index in [9.17, 15) is 4.39 Å². The van der Waals surface area contributed by atoms with Crippen molar-refractivity contribution < 1.29 is 9.13 Å². The number of fused-ring (bicyclic) bond motifs is 1. The van der Waals surface area contributed by atoms with E-state index in [1.165, 1.54) is 13.2 Å². The summed E-state index contributed by atoms with van der Waals surface area (Å²) in [6.45, 7) is 1.99. The van der Waals surface area contributed by atoms with E-state index in [-0.39, 0.29) is 5.82 Å². The molecule has 3 heteroatoms. The zero-order chi connectivity index (χ0) is 10.3. The highest BCUT2D eigenvalue weighted by atomic mass is 19.1. The summed E-state index contributed by atoms with van der Waals surface area (Å²) < 4.78 is 20.2. The summed E-state index contributed by atoms with van der Waals surface area (Å²) in [5.74, 6) is -0.0238. The molecule has 0 unspecified atom stereocenters. The number of aromatic nitrogens is 1. The normalized spacial score (nSPS) is 10.9. The molecule has 0 aliphatic heterocycles. The second-order valence-corrected chi connectivity index (χ2v) is 3.39. The van der Waals surface area contributed by atoms with Crippen LogP contribution in [0.4, 0.5) is 4.39 Å². The Bertz CT molecular complexity index is 487. The fourth-order valence-electron chi connectivity index (χ4n) is 1.63. The van der Waals surface area contributed by atoms with Crippen molar-refractivity contribution in [3.63, 3.8) is 0 Å². The summed E-state index contributed by atoms with van der Waals surface area (Å²) in [5, 5.41) is 1.00. The average Bonchev–Trinajstić information content (AvgIpc) is 2.43. The standard InChI is InChI=1S/C11H12FNO/c1-7-4-8-5-11(14-3)9(12)6-10(8)13(7)2/h4-6H,1-3H3. The number of benzene rings is 1. The highest BCUT2D eigenvalue weighted by Gasteiger charge is 2.08. The lowest BCUT2D eigenvalue weighted by atomic mass is 10.2. The van der Waals surface area contributed by atoms with Crippen molar-refractivity contribution in [3.8, 4) is 5.75 Å². The molecule has 0 spiro atoms. The quantitative estimate of drug-likeness (QED) is 0.679. The molecule has 0 fully saturated rings. The van der Waals surface area contributed by atoms with Gasteiger partial charge in [-0.05, 0) is 19.1 Å². The van der Waals surface area contributed by atoms with Gasteiger partial charge < -0.3 is 9.30 Å². The SMILES string of the molecule is COc1cc2cc(C)n(C)c2cc1F. The molecule has 0 radical (unpaired) electrons. The first-order valence-corrected chi connectivity index (χ1v) is 4.43.